The van der Waals surface area contributed by atoms with E-state index < -0.39 is 23.7 Å². The van der Waals surface area contributed by atoms with E-state index in [9.17, 15) is 14.0 Å². The number of amides is 1. The van der Waals surface area contributed by atoms with E-state index in [-0.39, 0.29) is 6.42 Å². The van der Waals surface area contributed by atoms with Crippen molar-refractivity contribution in [1.29, 1.82) is 0 Å². The van der Waals surface area contributed by atoms with Crippen molar-refractivity contribution in [2.24, 2.45) is 0 Å². The number of hydrogen-bond donors (Lipinski definition) is 2. The summed E-state index contributed by atoms with van der Waals surface area (Å²) in [6.45, 7) is 1.35. The minimum atomic E-state index is -1.13. The summed E-state index contributed by atoms with van der Waals surface area (Å²) in [5, 5.41) is 10.9. The van der Waals surface area contributed by atoms with Gasteiger partial charge < -0.3 is 15.2 Å². The van der Waals surface area contributed by atoms with Crippen LogP contribution in [0.2, 0.25) is 0 Å². The largest absolute Gasteiger partial charge is 0.496 e. The quantitative estimate of drug-likeness (QED) is 0.822. The molecule has 0 aliphatic rings. The van der Waals surface area contributed by atoms with Gasteiger partial charge in [-0.25, -0.2) is 4.39 Å². The Kier molecular flexibility index (Phi) is 4.65. The number of nitrogens with one attached hydrogen (secondary N) is 1. The van der Waals surface area contributed by atoms with Crippen molar-refractivity contribution < 1.29 is 23.8 Å². The van der Waals surface area contributed by atoms with Crippen molar-refractivity contribution >= 4 is 11.9 Å². The van der Waals surface area contributed by atoms with Gasteiger partial charge in [0.25, 0.3) is 0 Å². The number of methoxy groups -OCH3 is 1. The number of ether oxygens (including phenoxy) is 1. The van der Waals surface area contributed by atoms with Gasteiger partial charge in [-0.15, -0.1) is 0 Å². The molecule has 0 heterocycles. The summed E-state index contributed by atoms with van der Waals surface area (Å²) in [6.07, 6.45) is -0.140. The molecule has 5 nitrogen and oxygen atoms in total. The molecule has 0 spiro atoms. The summed E-state index contributed by atoms with van der Waals surface area (Å²) in [4.78, 5) is 22.1. The lowest BCUT2D eigenvalue weighted by atomic mass is 10.1. The molecular weight excluding hydrogens is 241 g/mol. The first-order valence-electron chi connectivity index (χ1n) is 5.28. The second-order valence-electron chi connectivity index (χ2n) is 3.76. The molecule has 6 heteroatoms. The highest BCUT2D eigenvalue weighted by Gasteiger charge is 2.16. The minimum Gasteiger partial charge on any atom is -0.496 e. The van der Waals surface area contributed by atoms with Gasteiger partial charge in [-0.2, -0.15) is 0 Å². The van der Waals surface area contributed by atoms with Gasteiger partial charge in [0.05, 0.1) is 13.5 Å². The van der Waals surface area contributed by atoms with Gasteiger partial charge in [0.1, 0.15) is 17.6 Å². The zero-order valence-corrected chi connectivity index (χ0v) is 10.1. The van der Waals surface area contributed by atoms with Gasteiger partial charge in [-0.3, -0.25) is 9.59 Å². The molecule has 0 aliphatic heterocycles. The lowest BCUT2D eigenvalue weighted by Crippen LogP contribution is -2.39. The highest BCUT2D eigenvalue weighted by Crippen LogP contribution is 2.19. The van der Waals surface area contributed by atoms with Crippen LogP contribution in [0.15, 0.2) is 18.2 Å². The number of carbonyl (C=O) groups is 2. The zero-order valence-electron chi connectivity index (χ0n) is 10.1. The Labute approximate surface area is 104 Å². The fraction of sp³-hybridized carbons (Fsp3) is 0.333. The predicted octanol–water partition coefficient (Wildman–Crippen LogP) is 0.966. The predicted molar refractivity (Wildman–Crippen MR) is 61.9 cm³/mol. The molecule has 1 atom stereocenters. The summed E-state index contributed by atoms with van der Waals surface area (Å²) < 4.78 is 18.0. The highest BCUT2D eigenvalue weighted by atomic mass is 19.1. The summed E-state index contributed by atoms with van der Waals surface area (Å²) in [6, 6.07) is 2.83. The maximum Gasteiger partial charge on any atom is 0.325 e. The molecule has 2 N–H and O–H groups in total. The molecule has 1 aromatic rings. The van der Waals surface area contributed by atoms with Crippen LogP contribution < -0.4 is 10.1 Å². The van der Waals surface area contributed by atoms with Crippen LogP contribution in [0.5, 0.6) is 5.75 Å². The molecule has 18 heavy (non-hydrogen) atoms. The summed E-state index contributed by atoms with van der Waals surface area (Å²) in [5.41, 5.74) is 0.368. The van der Waals surface area contributed by atoms with E-state index in [1.807, 2.05) is 0 Å². The molecule has 98 valence electrons. The lowest BCUT2D eigenvalue weighted by Gasteiger charge is -2.11. The van der Waals surface area contributed by atoms with Crippen LogP contribution in [-0.2, 0) is 16.0 Å². The molecule has 0 unspecified atom stereocenters. The van der Waals surface area contributed by atoms with Crippen LogP contribution in [-0.4, -0.2) is 30.1 Å². The first kappa shape index (κ1) is 14.0. The molecule has 0 bridgehead atoms. The van der Waals surface area contributed by atoms with Crippen molar-refractivity contribution in [3.8, 4) is 5.75 Å². The van der Waals surface area contributed by atoms with Gasteiger partial charge in [0.2, 0.25) is 5.91 Å². The Morgan fingerprint density at radius 1 is 1.50 bits per heavy atom. The molecule has 0 saturated carbocycles. The van der Waals surface area contributed by atoms with E-state index in [1.165, 1.54) is 32.2 Å². The Balaban J connectivity index is 2.75. The van der Waals surface area contributed by atoms with Gasteiger partial charge in [-0.1, -0.05) is 0 Å². The Morgan fingerprint density at radius 2 is 2.17 bits per heavy atom. The second-order valence-corrected chi connectivity index (χ2v) is 3.76. The van der Waals surface area contributed by atoms with Gasteiger partial charge in [0.15, 0.2) is 0 Å². The molecular formula is C12H14FNO4. The summed E-state index contributed by atoms with van der Waals surface area (Å²) in [7, 11) is 1.41. The number of benzene rings is 1. The van der Waals surface area contributed by atoms with Crippen molar-refractivity contribution in [2.75, 3.05) is 7.11 Å². The second kappa shape index (κ2) is 6.00. The Morgan fingerprint density at radius 3 is 2.72 bits per heavy atom. The van der Waals surface area contributed by atoms with Gasteiger partial charge in [-0.05, 0) is 25.1 Å². The van der Waals surface area contributed by atoms with Gasteiger partial charge >= 0.3 is 5.97 Å². The lowest BCUT2D eigenvalue weighted by molar-refractivity contribution is -0.141. The van der Waals surface area contributed by atoms with Crippen molar-refractivity contribution in [3.63, 3.8) is 0 Å². The number of aliphatic carboxylic acids is 1. The van der Waals surface area contributed by atoms with Crippen LogP contribution in [0.1, 0.15) is 12.5 Å². The van der Waals surface area contributed by atoms with E-state index in [4.69, 9.17) is 9.84 Å². The summed E-state index contributed by atoms with van der Waals surface area (Å²) >= 11 is 0. The van der Waals surface area contributed by atoms with E-state index in [0.717, 1.165) is 0 Å². The molecule has 0 aromatic heterocycles. The third-order valence-corrected chi connectivity index (χ3v) is 2.34. The van der Waals surface area contributed by atoms with Gasteiger partial charge in [0, 0.05) is 5.56 Å². The maximum atomic E-state index is 13.0. The number of rotatable bonds is 5. The Hall–Kier alpha value is -2.11. The average molecular weight is 255 g/mol. The third-order valence-electron chi connectivity index (χ3n) is 2.34. The zero-order chi connectivity index (χ0) is 13.7. The number of carboxylic acid groups (broad SMARTS) is 1. The fourth-order valence-corrected chi connectivity index (χ4v) is 1.41. The maximum absolute atomic E-state index is 13.0. The van der Waals surface area contributed by atoms with Crippen LogP contribution in [0, 0.1) is 5.82 Å². The Bertz CT molecular complexity index is 461. The summed E-state index contributed by atoms with van der Waals surface area (Å²) in [5.74, 6) is -1.73. The van der Waals surface area contributed by atoms with E-state index in [2.05, 4.69) is 5.32 Å². The van der Waals surface area contributed by atoms with E-state index in [1.54, 1.807) is 0 Å². The molecule has 0 saturated heterocycles. The first-order valence-corrected chi connectivity index (χ1v) is 5.28. The number of hydrogen-bond acceptors (Lipinski definition) is 3. The topological polar surface area (TPSA) is 75.6 Å². The highest BCUT2D eigenvalue weighted by molar-refractivity contribution is 5.84. The molecule has 1 aromatic carbocycles. The first-order chi connectivity index (χ1) is 8.43. The minimum absolute atomic E-state index is 0.140. The number of carbonyl (C=O) groups excluding carboxylic acids is 1. The van der Waals surface area contributed by atoms with Crippen LogP contribution in [0.3, 0.4) is 0 Å². The fourth-order valence-electron chi connectivity index (χ4n) is 1.41. The molecule has 0 radical (unpaired) electrons. The SMILES string of the molecule is COc1ccc(F)cc1CC(=O)N[C@@H](C)C(=O)O. The van der Waals surface area contributed by atoms with Crippen molar-refractivity contribution in [3.05, 3.63) is 29.6 Å². The average Bonchev–Trinajstić information content (AvgIpc) is 2.28. The standard InChI is InChI=1S/C12H14FNO4/c1-7(12(16)17)14-11(15)6-8-5-9(13)3-4-10(8)18-2/h3-5,7H,6H2,1-2H3,(H,14,15)(H,16,17)/t7-/m0/s1. The smallest absolute Gasteiger partial charge is 0.325 e. The van der Waals surface area contributed by atoms with Crippen LogP contribution >= 0.6 is 0 Å². The number of halogens is 1. The van der Waals surface area contributed by atoms with Crippen LogP contribution in [0.25, 0.3) is 0 Å². The normalized spacial score (nSPS) is 11.7. The van der Waals surface area contributed by atoms with Crippen molar-refractivity contribution in [2.45, 2.75) is 19.4 Å². The third kappa shape index (κ3) is 3.73. The number of carboxylic acids is 1. The van der Waals surface area contributed by atoms with E-state index >= 15 is 0 Å². The van der Waals surface area contributed by atoms with Crippen LogP contribution in [0.4, 0.5) is 4.39 Å². The molecule has 1 rings (SSSR count). The monoisotopic (exact) mass is 255 g/mol. The molecule has 1 amide bonds. The molecule has 0 aliphatic carbocycles. The van der Waals surface area contributed by atoms with E-state index in [0.29, 0.717) is 11.3 Å². The molecule has 0 fully saturated rings. The van der Waals surface area contributed by atoms with Crippen molar-refractivity contribution in [1.82, 2.24) is 5.32 Å².